The van der Waals surface area contributed by atoms with Crippen molar-refractivity contribution in [3.63, 3.8) is 0 Å². The van der Waals surface area contributed by atoms with Gasteiger partial charge in [0.25, 0.3) is 5.91 Å². The highest BCUT2D eigenvalue weighted by Gasteiger charge is 2.23. The SMILES string of the molecule is CN=C(NCCOc1ccccc1)NCc1cccc(NC(=O)C2CCCO2)c1. The maximum atomic E-state index is 12.2. The molecule has 0 aromatic heterocycles. The fraction of sp³-hybridized carbons (Fsp3) is 0.364. The first-order valence-electron chi connectivity index (χ1n) is 9.88. The first kappa shape index (κ1) is 20.7. The Hall–Kier alpha value is -3.06. The zero-order chi connectivity index (χ0) is 20.3. The molecule has 1 saturated heterocycles. The minimum absolute atomic E-state index is 0.0801. The third-order valence-electron chi connectivity index (χ3n) is 4.51. The van der Waals surface area contributed by atoms with Crippen LogP contribution in [0, 0.1) is 0 Å². The Labute approximate surface area is 171 Å². The molecular weight excluding hydrogens is 368 g/mol. The first-order chi connectivity index (χ1) is 14.2. The zero-order valence-corrected chi connectivity index (χ0v) is 16.7. The van der Waals surface area contributed by atoms with E-state index in [0.717, 1.165) is 29.8 Å². The van der Waals surface area contributed by atoms with E-state index < -0.39 is 0 Å². The summed E-state index contributed by atoms with van der Waals surface area (Å²) in [4.78, 5) is 16.4. The van der Waals surface area contributed by atoms with Gasteiger partial charge in [-0.25, -0.2) is 0 Å². The second kappa shape index (κ2) is 11.1. The number of ether oxygens (including phenoxy) is 2. The molecule has 0 bridgehead atoms. The lowest BCUT2D eigenvalue weighted by Crippen LogP contribution is -2.38. The van der Waals surface area contributed by atoms with Crippen molar-refractivity contribution < 1.29 is 14.3 Å². The van der Waals surface area contributed by atoms with Crippen LogP contribution in [-0.2, 0) is 16.1 Å². The minimum Gasteiger partial charge on any atom is -0.492 e. The van der Waals surface area contributed by atoms with Crippen molar-refractivity contribution in [2.45, 2.75) is 25.5 Å². The van der Waals surface area contributed by atoms with Gasteiger partial charge in [-0.15, -0.1) is 0 Å². The van der Waals surface area contributed by atoms with Gasteiger partial charge in [-0.3, -0.25) is 9.79 Å². The van der Waals surface area contributed by atoms with Gasteiger partial charge in [0.15, 0.2) is 5.96 Å². The lowest BCUT2D eigenvalue weighted by atomic mass is 10.2. The van der Waals surface area contributed by atoms with E-state index in [9.17, 15) is 4.79 Å². The Kier molecular flexibility index (Phi) is 7.89. The van der Waals surface area contributed by atoms with Gasteiger partial charge in [-0.2, -0.15) is 0 Å². The van der Waals surface area contributed by atoms with Gasteiger partial charge >= 0.3 is 0 Å². The second-order valence-electron chi connectivity index (χ2n) is 6.71. The van der Waals surface area contributed by atoms with Crippen molar-refractivity contribution >= 4 is 17.6 Å². The number of nitrogens with one attached hydrogen (secondary N) is 3. The Morgan fingerprint density at radius 2 is 2.03 bits per heavy atom. The summed E-state index contributed by atoms with van der Waals surface area (Å²) in [6.45, 7) is 2.41. The number of carbonyl (C=O) groups excluding carboxylic acids is 1. The van der Waals surface area contributed by atoms with Gasteiger partial charge in [-0.1, -0.05) is 30.3 Å². The first-order valence-corrected chi connectivity index (χ1v) is 9.88. The topological polar surface area (TPSA) is 84.0 Å². The van der Waals surface area contributed by atoms with Crippen LogP contribution in [0.3, 0.4) is 0 Å². The fourth-order valence-corrected chi connectivity index (χ4v) is 3.03. The molecule has 3 N–H and O–H groups in total. The molecule has 1 unspecified atom stereocenters. The minimum atomic E-state index is -0.335. The number of anilines is 1. The number of benzene rings is 2. The fourth-order valence-electron chi connectivity index (χ4n) is 3.03. The lowest BCUT2D eigenvalue weighted by molar-refractivity contribution is -0.124. The van der Waals surface area contributed by atoms with E-state index in [4.69, 9.17) is 9.47 Å². The molecule has 0 aliphatic carbocycles. The van der Waals surface area contributed by atoms with Gasteiger partial charge in [0.2, 0.25) is 0 Å². The Balaban J connectivity index is 1.41. The van der Waals surface area contributed by atoms with Gasteiger partial charge in [-0.05, 0) is 42.7 Å². The molecule has 2 aromatic rings. The van der Waals surface area contributed by atoms with Crippen LogP contribution < -0.4 is 20.7 Å². The summed E-state index contributed by atoms with van der Waals surface area (Å²) < 4.78 is 11.1. The van der Waals surface area contributed by atoms with Crippen LogP contribution in [-0.4, -0.2) is 44.8 Å². The van der Waals surface area contributed by atoms with E-state index in [2.05, 4.69) is 20.9 Å². The molecule has 1 aliphatic rings. The molecule has 1 atom stereocenters. The van der Waals surface area contributed by atoms with Crippen LogP contribution in [0.25, 0.3) is 0 Å². The van der Waals surface area contributed by atoms with Crippen LogP contribution in [0.2, 0.25) is 0 Å². The van der Waals surface area contributed by atoms with Gasteiger partial charge < -0.3 is 25.4 Å². The zero-order valence-electron chi connectivity index (χ0n) is 16.7. The van der Waals surface area contributed by atoms with E-state index in [0.29, 0.717) is 32.3 Å². The number of carbonyl (C=O) groups is 1. The van der Waals surface area contributed by atoms with Gasteiger partial charge in [0.1, 0.15) is 18.5 Å². The third-order valence-corrected chi connectivity index (χ3v) is 4.51. The smallest absolute Gasteiger partial charge is 0.253 e. The predicted molar refractivity (Wildman–Crippen MR) is 114 cm³/mol. The highest BCUT2D eigenvalue weighted by atomic mass is 16.5. The Bertz CT molecular complexity index is 805. The van der Waals surface area contributed by atoms with Crippen molar-refractivity contribution in [1.29, 1.82) is 0 Å². The number of aliphatic imine (C=N–C) groups is 1. The maximum absolute atomic E-state index is 12.2. The van der Waals surface area contributed by atoms with E-state index >= 15 is 0 Å². The number of para-hydroxylation sites is 1. The summed E-state index contributed by atoms with van der Waals surface area (Å²) in [7, 11) is 1.73. The molecule has 1 aliphatic heterocycles. The van der Waals surface area contributed by atoms with Crippen LogP contribution in [0.1, 0.15) is 18.4 Å². The van der Waals surface area contributed by atoms with Crippen molar-refractivity contribution in [2.75, 3.05) is 32.1 Å². The van der Waals surface area contributed by atoms with Crippen molar-refractivity contribution in [3.05, 3.63) is 60.2 Å². The molecule has 1 heterocycles. The summed E-state index contributed by atoms with van der Waals surface area (Å²) in [6, 6.07) is 17.5. The second-order valence-corrected chi connectivity index (χ2v) is 6.71. The molecule has 29 heavy (non-hydrogen) atoms. The standard InChI is InChI=1S/C22H28N4O3/c1-23-22(24-12-14-28-19-9-3-2-4-10-19)25-16-17-7-5-8-18(15-17)26-21(27)20-11-6-13-29-20/h2-5,7-10,15,20H,6,11-14,16H2,1H3,(H,26,27)(H2,23,24,25). The van der Waals surface area contributed by atoms with Crippen LogP contribution in [0.15, 0.2) is 59.6 Å². The van der Waals surface area contributed by atoms with E-state index in [1.807, 2.05) is 54.6 Å². The van der Waals surface area contributed by atoms with Crippen molar-refractivity contribution in [1.82, 2.24) is 10.6 Å². The van der Waals surface area contributed by atoms with E-state index in [1.54, 1.807) is 7.05 Å². The lowest BCUT2D eigenvalue weighted by Gasteiger charge is -2.14. The summed E-state index contributed by atoms with van der Waals surface area (Å²) in [5.74, 6) is 1.46. The predicted octanol–water partition coefficient (Wildman–Crippen LogP) is 2.55. The quantitative estimate of drug-likeness (QED) is 0.363. The number of hydrogen-bond acceptors (Lipinski definition) is 4. The average Bonchev–Trinajstić information content (AvgIpc) is 3.29. The van der Waals surface area contributed by atoms with Crippen molar-refractivity contribution in [3.8, 4) is 5.75 Å². The Morgan fingerprint density at radius 1 is 1.17 bits per heavy atom. The largest absolute Gasteiger partial charge is 0.492 e. The number of nitrogens with zero attached hydrogens (tertiary/aromatic N) is 1. The molecule has 0 spiro atoms. The molecular formula is C22H28N4O3. The molecule has 1 fully saturated rings. The number of rotatable bonds is 8. The summed E-state index contributed by atoms with van der Waals surface area (Å²) >= 11 is 0. The molecule has 0 radical (unpaired) electrons. The molecule has 7 nitrogen and oxygen atoms in total. The monoisotopic (exact) mass is 396 g/mol. The summed E-state index contributed by atoms with van der Waals surface area (Å²) in [6.07, 6.45) is 1.38. The van der Waals surface area contributed by atoms with Crippen molar-refractivity contribution in [2.24, 2.45) is 4.99 Å². The van der Waals surface area contributed by atoms with E-state index in [1.165, 1.54) is 0 Å². The van der Waals surface area contributed by atoms with E-state index in [-0.39, 0.29) is 12.0 Å². The van der Waals surface area contributed by atoms with Gasteiger partial charge in [0.05, 0.1) is 6.54 Å². The highest BCUT2D eigenvalue weighted by Crippen LogP contribution is 2.16. The molecule has 3 rings (SSSR count). The molecule has 7 heteroatoms. The average molecular weight is 396 g/mol. The molecule has 0 saturated carbocycles. The maximum Gasteiger partial charge on any atom is 0.253 e. The number of hydrogen-bond donors (Lipinski definition) is 3. The normalized spacial score (nSPS) is 16.3. The van der Waals surface area contributed by atoms with Crippen LogP contribution in [0.5, 0.6) is 5.75 Å². The summed E-state index contributed by atoms with van der Waals surface area (Å²) in [5, 5.41) is 9.42. The van der Waals surface area contributed by atoms with Crippen LogP contribution in [0.4, 0.5) is 5.69 Å². The van der Waals surface area contributed by atoms with Crippen LogP contribution >= 0.6 is 0 Å². The molecule has 2 aromatic carbocycles. The highest BCUT2D eigenvalue weighted by molar-refractivity contribution is 5.94. The number of amides is 1. The third kappa shape index (κ3) is 6.80. The molecule has 154 valence electrons. The Morgan fingerprint density at radius 3 is 2.79 bits per heavy atom. The number of guanidine groups is 1. The molecule has 1 amide bonds. The van der Waals surface area contributed by atoms with Gasteiger partial charge in [0, 0.05) is 25.9 Å². The summed E-state index contributed by atoms with van der Waals surface area (Å²) in [5.41, 5.74) is 1.81.